The second-order valence-corrected chi connectivity index (χ2v) is 8.45. The van der Waals surface area contributed by atoms with Crippen molar-refractivity contribution < 1.29 is 19.0 Å². The van der Waals surface area contributed by atoms with Crippen molar-refractivity contribution in [2.45, 2.75) is 6.54 Å². The van der Waals surface area contributed by atoms with Crippen molar-refractivity contribution in [2.75, 3.05) is 40.1 Å². The summed E-state index contributed by atoms with van der Waals surface area (Å²) < 4.78 is 16.2. The number of carbonyl (C=O) groups excluding carboxylic acids is 1. The highest BCUT2D eigenvalue weighted by Gasteiger charge is 2.25. The second kappa shape index (κ2) is 10.0. The van der Waals surface area contributed by atoms with Crippen molar-refractivity contribution in [3.8, 4) is 17.2 Å². The predicted octanol–water partition coefficient (Wildman–Crippen LogP) is 4.31. The normalized spacial score (nSPS) is 15.9. The molecule has 0 atom stereocenters. The number of fused-ring (bicyclic) bond motifs is 1. The molecule has 6 heteroatoms. The number of hydrogen-bond acceptors (Lipinski definition) is 5. The fourth-order valence-electron chi connectivity index (χ4n) is 4.33. The van der Waals surface area contributed by atoms with Gasteiger partial charge in [0, 0.05) is 38.3 Å². The van der Waals surface area contributed by atoms with Crippen LogP contribution in [0.15, 0.2) is 72.8 Å². The molecule has 174 valence electrons. The molecule has 0 unspecified atom stereocenters. The summed E-state index contributed by atoms with van der Waals surface area (Å²) in [4.78, 5) is 17.9. The zero-order chi connectivity index (χ0) is 23.3. The van der Waals surface area contributed by atoms with E-state index in [2.05, 4.69) is 11.0 Å². The Balaban J connectivity index is 1.28. The Hall–Kier alpha value is -3.77. The molecule has 0 aliphatic carbocycles. The molecule has 0 radical (unpaired) electrons. The molecule has 34 heavy (non-hydrogen) atoms. The van der Waals surface area contributed by atoms with Crippen LogP contribution < -0.4 is 14.2 Å². The zero-order valence-electron chi connectivity index (χ0n) is 19.3. The van der Waals surface area contributed by atoms with Crippen LogP contribution in [0.2, 0.25) is 0 Å². The van der Waals surface area contributed by atoms with Crippen LogP contribution in [0.4, 0.5) is 0 Å². The minimum absolute atomic E-state index is 0.0600. The van der Waals surface area contributed by atoms with Gasteiger partial charge >= 0.3 is 0 Å². The lowest BCUT2D eigenvalue weighted by atomic mass is 10.0. The number of piperazine rings is 1. The van der Waals surface area contributed by atoms with Gasteiger partial charge in [-0.3, -0.25) is 9.69 Å². The second-order valence-electron chi connectivity index (χ2n) is 8.45. The van der Waals surface area contributed by atoms with E-state index in [1.807, 2.05) is 77.7 Å². The molecule has 1 fully saturated rings. The molecule has 3 aromatic carbocycles. The number of hydrogen-bond donors (Lipinski definition) is 0. The Kier molecular flexibility index (Phi) is 6.49. The van der Waals surface area contributed by atoms with E-state index in [0.29, 0.717) is 18.7 Å². The molecule has 3 aromatic rings. The molecule has 1 amide bonds. The van der Waals surface area contributed by atoms with Crippen LogP contribution in [0.1, 0.15) is 16.7 Å². The van der Waals surface area contributed by atoms with E-state index in [1.165, 1.54) is 5.56 Å². The van der Waals surface area contributed by atoms with Gasteiger partial charge in [0.1, 0.15) is 5.75 Å². The lowest BCUT2D eigenvalue weighted by Gasteiger charge is -2.35. The van der Waals surface area contributed by atoms with Crippen molar-refractivity contribution in [3.05, 3.63) is 89.5 Å². The number of benzene rings is 3. The first-order chi connectivity index (χ1) is 16.7. The van der Waals surface area contributed by atoms with E-state index in [4.69, 9.17) is 14.2 Å². The minimum atomic E-state index is 0.0600. The Morgan fingerprint density at radius 3 is 2.38 bits per heavy atom. The first-order valence-electron chi connectivity index (χ1n) is 11.5. The Labute approximate surface area is 200 Å². The maximum atomic E-state index is 13.6. The molecule has 2 aliphatic heterocycles. The van der Waals surface area contributed by atoms with Crippen LogP contribution in [0.25, 0.3) is 11.6 Å². The average molecular weight is 457 g/mol. The lowest BCUT2D eigenvalue weighted by molar-refractivity contribution is -0.126. The van der Waals surface area contributed by atoms with Gasteiger partial charge in [-0.2, -0.15) is 0 Å². The standard InChI is InChI=1S/C28H28N2O4/c1-32-24-10-7-21(8-11-24)17-25(23-5-3-2-4-6-23)28(31)30-15-13-29(14-16-30)19-22-9-12-26-27(18-22)34-20-33-26/h2-12,17-18H,13-16,19-20H2,1H3/b25-17+. The highest BCUT2D eigenvalue weighted by atomic mass is 16.7. The van der Waals surface area contributed by atoms with E-state index in [-0.39, 0.29) is 12.7 Å². The van der Waals surface area contributed by atoms with Crippen LogP contribution in [0.3, 0.4) is 0 Å². The molecule has 5 rings (SSSR count). The van der Waals surface area contributed by atoms with Crippen molar-refractivity contribution >= 4 is 17.6 Å². The highest BCUT2D eigenvalue weighted by molar-refractivity contribution is 6.24. The molecule has 2 aliphatic rings. The first kappa shape index (κ1) is 22.0. The smallest absolute Gasteiger partial charge is 0.254 e. The summed E-state index contributed by atoms with van der Waals surface area (Å²) in [5, 5.41) is 0. The van der Waals surface area contributed by atoms with E-state index in [9.17, 15) is 4.79 Å². The summed E-state index contributed by atoms with van der Waals surface area (Å²) in [5.74, 6) is 2.46. The molecule has 6 nitrogen and oxygen atoms in total. The molecule has 0 spiro atoms. The topological polar surface area (TPSA) is 51.2 Å². The van der Waals surface area contributed by atoms with Crippen LogP contribution in [0, 0.1) is 0 Å². The number of amides is 1. The summed E-state index contributed by atoms with van der Waals surface area (Å²) >= 11 is 0. The summed E-state index contributed by atoms with van der Waals surface area (Å²) in [6.45, 7) is 4.14. The predicted molar refractivity (Wildman–Crippen MR) is 132 cm³/mol. The van der Waals surface area contributed by atoms with Gasteiger partial charge in [-0.25, -0.2) is 0 Å². The fraction of sp³-hybridized carbons (Fsp3) is 0.250. The molecule has 0 N–H and O–H groups in total. The van der Waals surface area contributed by atoms with Crippen molar-refractivity contribution in [3.63, 3.8) is 0 Å². The van der Waals surface area contributed by atoms with Gasteiger partial charge in [0.15, 0.2) is 11.5 Å². The Morgan fingerprint density at radius 2 is 1.65 bits per heavy atom. The van der Waals surface area contributed by atoms with Gasteiger partial charge in [0.05, 0.1) is 7.11 Å². The third kappa shape index (κ3) is 4.92. The van der Waals surface area contributed by atoms with Crippen LogP contribution >= 0.6 is 0 Å². The third-order valence-corrected chi connectivity index (χ3v) is 6.24. The van der Waals surface area contributed by atoms with Gasteiger partial charge in [0.2, 0.25) is 6.79 Å². The van der Waals surface area contributed by atoms with Gasteiger partial charge in [0.25, 0.3) is 5.91 Å². The quantitative estimate of drug-likeness (QED) is 0.409. The van der Waals surface area contributed by atoms with E-state index >= 15 is 0 Å². The monoisotopic (exact) mass is 456 g/mol. The number of rotatable bonds is 6. The van der Waals surface area contributed by atoms with Gasteiger partial charge in [-0.1, -0.05) is 48.5 Å². The molecule has 2 heterocycles. The SMILES string of the molecule is COc1ccc(/C=C(/C(=O)N2CCN(Cc3ccc4c(c3)OCO4)CC2)c2ccccc2)cc1. The zero-order valence-corrected chi connectivity index (χ0v) is 19.3. The number of nitrogens with zero attached hydrogens (tertiary/aromatic N) is 2. The van der Waals surface area contributed by atoms with E-state index < -0.39 is 0 Å². The van der Waals surface area contributed by atoms with Gasteiger partial charge < -0.3 is 19.1 Å². The maximum absolute atomic E-state index is 13.6. The number of methoxy groups -OCH3 is 1. The maximum Gasteiger partial charge on any atom is 0.254 e. The van der Waals surface area contributed by atoms with Crippen molar-refractivity contribution in [2.24, 2.45) is 0 Å². The fourth-order valence-corrected chi connectivity index (χ4v) is 4.33. The van der Waals surface area contributed by atoms with Gasteiger partial charge in [-0.05, 0) is 47.0 Å². The third-order valence-electron chi connectivity index (χ3n) is 6.24. The summed E-state index contributed by atoms with van der Waals surface area (Å²) in [6, 6.07) is 23.7. The Morgan fingerprint density at radius 1 is 0.912 bits per heavy atom. The summed E-state index contributed by atoms with van der Waals surface area (Å²) in [6.07, 6.45) is 1.97. The first-order valence-corrected chi connectivity index (χ1v) is 11.5. The largest absolute Gasteiger partial charge is 0.497 e. The minimum Gasteiger partial charge on any atom is -0.497 e. The van der Waals surface area contributed by atoms with Gasteiger partial charge in [-0.15, -0.1) is 0 Å². The molecule has 0 aromatic heterocycles. The molecular weight excluding hydrogens is 428 g/mol. The number of ether oxygens (including phenoxy) is 3. The highest BCUT2D eigenvalue weighted by Crippen LogP contribution is 2.33. The van der Waals surface area contributed by atoms with Crippen molar-refractivity contribution in [1.82, 2.24) is 9.80 Å². The Bertz CT molecular complexity index is 1170. The van der Waals surface area contributed by atoms with Crippen LogP contribution in [0.5, 0.6) is 17.2 Å². The van der Waals surface area contributed by atoms with E-state index in [0.717, 1.165) is 48.0 Å². The number of carbonyl (C=O) groups is 1. The summed E-state index contributed by atoms with van der Waals surface area (Å²) in [7, 11) is 1.65. The molecule has 0 bridgehead atoms. The van der Waals surface area contributed by atoms with E-state index in [1.54, 1.807) is 7.11 Å². The van der Waals surface area contributed by atoms with Crippen LogP contribution in [-0.2, 0) is 11.3 Å². The van der Waals surface area contributed by atoms with Crippen LogP contribution in [-0.4, -0.2) is 55.8 Å². The summed E-state index contributed by atoms with van der Waals surface area (Å²) in [5.41, 5.74) is 3.78. The van der Waals surface area contributed by atoms with Crippen molar-refractivity contribution in [1.29, 1.82) is 0 Å². The molecule has 1 saturated heterocycles. The average Bonchev–Trinajstić information content (AvgIpc) is 3.36. The molecule has 0 saturated carbocycles. The molecular formula is C28H28N2O4. The lowest BCUT2D eigenvalue weighted by Crippen LogP contribution is -2.48.